The maximum absolute atomic E-state index is 2.78. The molecular weight excluding hydrogens is 264 g/mol. The van der Waals surface area contributed by atoms with Crippen LogP contribution in [0.1, 0.15) is 44.9 Å². The van der Waals surface area contributed by atoms with E-state index < -0.39 is 0 Å². The van der Waals surface area contributed by atoms with Crippen LogP contribution in [0.3, 0.4) is 0 Å². The van der Waals surface area contributed by atoms with Crippen molar-refractivity contribution < 1.29 is 0 Å². The third kappa shape index (κ3) is 2.81. The van der Waals surface area contributed by atoms with Crippen molar-refractivity contribution in [3.05, 3.63) is 22.4 Å². The Morgan fingerprint density at radius 2 is 2.20 bits per heavy atom. The topological polar surface area (TPSA) is 6.48 Å². The molecule has 3 rings (SSSR count). The number of rotatable bonds is 4. The fourth-order valence-corrected chi connectivity index (χ4v) is 4.82. The number of hydrogen-bond acceptors (Lipinski definition) is 3. The Morgan fingerprint density at radius 1 is 1.35 bits per heavy atom. The molecule has 0 radical (unpaired) electrons. The van der Waals surface area contributed by atoms with Crippen LogP contribution in [0.4, 0.5) is 0 Å². The molecule has 3 heteroatoms. The van der Waals surface area contributed by atoms with Crippen LogP contribution in [-0.4, -0.2) is 48.1 Å². The average molecular weight is 292 g/mol. The molecule has 0 aliphatic carbocycles. The third-order valence-electron chi connectivity index (χ3n) is 5.16. The summed E-state index contributed by atoms with van der Waals surface area (Å²) >= 11 is 1.91. The molecule has 2 nitrogen and oxygen atoms in total. The van der Waals surface area contributed by atoms with Crippen LogP contribution in [0.15, 0.2) is 17.5 Å². The Labute approximate surface area is 127 Å². The van der Waals surface area contributed by atoms with Crippen LogP contribution in [0.2, 0.25) is 0 Å². The smallest absolute Gasteiger partial charge is 0.0224 e. The van der Waals surface area contributed by atoms with E-state index in [0.29, 0.717) is 0 Å². The summed E-state index contributed by atoms with van der Waals surface area (Å²) < 4.78 is 0. The Bertz CT molecular complexity index is 426. The van der Waals surface area contributed by atoms with Crippen LogP contribution in [0.5, 0.6) is 0 Å². The van der Waals surface area contributed by atoms with Gasteiger partial charge in [0, 0.05) is 42.0 Å². The molecule has 0 aromatic carbocycles. The fraction of sp³-hybridized carbons (Fsp3) is 0.765. The van der Waals surface area contributed by atoms with Gasteiger partial charge in [0.2, 0.25) is 0 Å². The predicted molar refractivity (Wildman–Crippen MR) is 87.6 cm³/mol. The van der Waals surface area contributed by atoms with Crippen molar-refractivity contribution in [2.45, 2.75) is 57.5 Å². The van der Waals surface area contributed by atoms with E-state index in [0.717, 1.165) is 12.1 Å². The second kappa shape index (κ2) is 5.78. The molecule has 0 N–H and O–H groups in total. The van der Waals surface area contributed by atoms with Crippen LogP contribution in [-0.2, 0) is 5.41 Å². The average Bonchev–Trinajstić information content (AvgIpc) is 3.08. The molecule has 2 atom stereocenters. The van der Waals surface area contributed by atoms with Gasteiger partial charge in [-0.15, -0.1) is 11.3 Å². The maximum atomic E-state index is 2.78. The molecule has 2 aliphatic rings. The molecule has 3 heterocycles. The van der Waals surface area contributed by atoms with Crippen molar-refractivity contribution in [1.29, 1.82) is 0 Å². The van der Waals surface area contributed by atoms with Crippen molar-refractivity contribution in [2.24, 2.45) is 0 Å². The van der Waals surface area contributed by atoms with Crippen molar-refractivity contribution in [2.75, 3.05) is 26.2 Å². The first-order valence-electron chi connectivity index (χ1n) is 8.12. The number of hydrogen-bond donors (Lipinski definition) is 0. The second-order valence-electron chi connectivity index (χ2n) is 7.14. The summed E-state index contributed by atoms with van der Waals surface area (Å²) in [4.78, 5) is 7.05. The minimum atomic E-state index is 0.280. The highest BCUT2D eigenvalue weighted by atomic mass is 32.1. The zero-order valence-corrected chi connectivity index (χ0v) is 14.0. The summed E-state index contributed by atoms with van der Waals surface area (Å²) in [6.45, 7) is 12.3. The molecule has 2 fully saturated rings. The number of fused-ring (bicyclic) bond motifs is 1. The molecule has 112 valence electrons. The summed E-state index contributed by atoms with van der Waals surface area (Å²) in [6, 6.07) is 6.08. The normalized spacial score (nSPS) is 28.8. The van der Waals surface area contributed by atoms with Gasteiger partial charge in [0.25, 0.3) is 0 Å². The van der Waals surface area contributed by atoms with Crippen molar-refractivity contribution in [3.8, 4) is 0 Å². The molecule has 0 amide bonds. The highest BCUT2D eigenvalue weighted by Crippen LogP contribution is 2.32. The minimum absolute atomic E-state index is 0.280. The zero-order chi connectivity index (χ0) is 14.2. The van der Waals surface area contributed by atoms with Crippen molar-refractivity contribution in [3.63, 3.8) is 0 Å². The van der Waals surface area contributed by atoms with Gasteiger partial charge in [-0.3, -0.25) is 9.80 Å². The molecular formula is C17H28N2S. The lowest BCUT2D eigenvalue weighted by Crippen LogP contribution is -2.58. The first kappa shape index (κ1) is 14.6. The highest BCUT2D eigenvalue weighted by molar-refractivity contribution is 7.10. The van der Waals surface area contributed by atoms with Gasteiger partial charge in [-0.1, -0.05) is 26.8 Å². The van der Waals surface area contributed by atoms with E-state index in [9.17, 15) is 0 Å². The van der Waals surface area contributed by atoms with Gasteiger partial charge >= 0.3 is 0 Å². The van der Waals surface area contributed by atoms with Crippen LogP contribution >= 0.6 is 11.3 Å². The van der Waals surface area contributed by atoms with Crippen LogP contribution in [0, 0.1) is 0 Å². The largest absolute Gasteiger partial charge is 0.298 e. The van der Waals surface area contributed by atoms with Gasteiger partial charge in [0.05, 0.1) is 0 Å². The molecule has 20 heavy (non-hydrogen) atoms. The van der Waals surface area contributed by atoms with Crippen LogP contribution in [0.25, 0.3) is 0 Å². The fourth-order valence-electron chi connectivity index (χ4n) is 3.98. The van der Waals surface area contributed by atoms with Gasteiger partial charge in [-0.05, 0) is 37.3 Å². The van der Waals surface area contributed by atoms with E-state index in [1.807, 2.05) is 11.3 Å². The number of piperazine rings is 1. The first-order chi connectivity index (χ1) is 9.60. The lowest BCUT2D eigenvalue weighted by molar-refractivity contribution is 0.0369. The van der Waals surface area contributed by atoms with E-state index >= 15 is 0 Å². The van der Waals surface area contributed by atoms with E-state index in [4.69, 9.17) is 0 Å². The highest BCUT2D eigenvalue weighted by Gasteiger charge is 2.37. The minimum Gasteiger partial charge on any atom is -0.298 e. The summed E-state index contributed by atoms with van der Waals surface area (Å²) in [5.41, 5.74) is 0.280. The second-order valence-corrected chi connectivity index (χ2v) is 8.09. The summed E-state index contributed by atoms with van der Waals surface area (Å²) in [7, 11) is 0. The Kier molecular flexibility index (Phi) is 4.21. The number of nitrogens with zero attached hydrogens (tertiary/aromatic N) is 2. The standard InChI is InChI=1S/C17H28N2S/c1-4-14-11-18-9-5-7-15(18)12-19(14)13-17(2,3)16-8-6-10-20-16/h6,8,10,14-15H,4-5,7,9,11-13H2,1-3H3. The Balaban J connectivity index is 1.71. The van der Waals surface area contributed by atoms with Gasteiger partial charge in [-0.2, -0.15) is 0 Å². The third-order valence-corrected chi connectivity index (χ3v) is 6.40. The van der Waals surface area contributed by atoms with Gasteiger partial charge in [-0.25, -0.2) is 0 Å². The number of thiophene rings is 1. The van der Waals surface area contributed by atoms with E-state index in [1.54, 1.807) is 0 Å². The molecule has 1 aromatic rings. The van der Waals surface area contributed by atoms with Gasteiger partial charge in [0.1, 0.15) is 0 Å². The van der Waals surface area contributed by atoms with Crippen molar-refractivity contribution >= 4 is 11.3 Å². The molecule has 1 aromatic heterocycles. The SMILES string of the molecule is CCC1CN2CCCC2CN1CC(C)(C)c1cccs1. The quantitative estimate of drug-likeness (QED) is 0.837. The van der Waals surface area contributed by atoms with E-state index in [1.165, 1.54) is 50.3 Å². The first-order valence-corrected chi connectivity index (χ1v) is 9.00. The molecule has 2 saturated heterocycles. The lowest BCUT2D eigenvalue weighted by atomic mass is 9.89. The summed E-state index contributed by atoms with van der Waals surface area (Å²) in [6.07, 6.45) is 4.10. The maximum Gasteiger partial charge on any atom is 0.0224 e. The lowest BCUT2D eigenvalue weighted by Gasteiger charge is -2.46. The molecule has 2 unspecified atom stereocenters. The van der Waals surface area contributed by atoms with Gasteiger partial charge in [0.15, 0.2) is 0 Å². The van der Waals surface area contributed by atoms with Gasteiger partial charge < -0.3 is 0 Å². The van der Waals surface area contributed by atoms with E-state index in [-0.39, 0.29) is 5.41 Å². The Hall–Kier alpha value is -0.380. The summed E-state index contributed by atoms with van der Waals surface area (Å²) in [5.74, 6) is 0. The zero-order valence-electron chi connectivity index (χ0n) is 13.1. The molecule has 2 aliphatic heterocycles. The molecule has 0 spiro atoms. The van der Waals surface area contributed by atoms with Crippen LogP contribution < -0.4 is 0 Å². The monoisotopic (exact) mass is 292 g/mol. The van der Waals surface area contributed by atoms with Crippen molar-refractivity contribution in [1.82, 2.24) is 9.80 Å². The van der Waals surface area contributed by atoms with E-state index in [2.05, 4.69) is 48.1 Å². The Morgan fingerprint density at radius 3 is 2.90 bits per heavy atom. The predicted octanol–water partition coefficient (Wildman–Crippen LogP) is 3.58. The molecule has 0 bridgehead atoms. The summed E-state index contributed by atoms with van der Waals surface area (Å²) in [5, 5.41) is 2.21. The molecule has 0 saturated carbocycles.